The van der Waals surface area contributed by atoms with E-state index in [1.54, 1.807) is 0 Å². The molecule has 0 spiro atoms. The molecule has 0 aliphatic carbocycles. The maximum absolute atomic E-state index is 3.54. The lowest BCUT2D eigenvalue weighted by Crippen LogP contribution is -2.35. The number of hydrogen-bond donors (Lipinski definition) is 1. The van der Waals surface area contributed by atoms with Gasteiger partial charge in [0.2, 0.25) is 0 Å². The van der Waals surface area contributed by atoms with Crippen molar-refractivity contribution in [2.45, 2.75) is 78.0 Å². The van der Waals surface area contributed by atoms with Gasteiger partial charge in [-0.2, -0.15) is 0 Å². The van der Waals surface area contributed by atoms with Gasteiger partial charge in [-0.25, -0.2) is 0 Å². The summed E-state index contributed by atoms with van der Waals surface area (Å²) >= 11 is 0. The summed E-state index contributed by atoms with van der Waals surface area (Å²) in [6.07, 6.45) is 3.91. The summed E-state index contributed by atoms with van der Waals surface area (Å²) < 4.78 is 0. The van der Waals surface area contributed by atoms with Gasteiger partial charge < -0.3 is 10.2 Å². The third-order valence-electron chi connectivity index (χ3n) is 4.31. The van der Waals surface area contributed by atoms with Crippen molar-refractivity contribution in [3.05, 3.63) is 29.8 Å². The van der Waals surface area contributed by atoms with Crippen LogP contribution in [-0.4, -0.2) is 17.6 Å². The molecule has 0 saturated carbocycles. The second-order valence-electron chi connectivity index (χ2n) is 7.17. The van der Waals surface area contributed by atoms with Crippen LogP contribution in [-0.2, 0) is 6.54 Å². The Balaban J connectivity index is 2.04. The first-order valence-corrected chi connectivity index (χ1v) is 8.03. The molecule has 2 nitrogen and oxygen atoms in total. The number of benzene rings is 1. The largest absolute Gasteiger partial charge is 0.366 e. The standard InChI is InChI=1S/C18H30N2/c1-6-16-10-7-14(2)20(16)17-11-8-15(9-12-17)13-19-18(3,4)5/h8-9,11-12,14,16,19H,6-7,10,13H2,1-5H3. The highest BCUT2D eigenvalue weighted by Gasteiger charge is 2.29. The minimum Gasteiger partial charge on any atom is -0.366 e. The summed E-state index contributed by atoms with van der Waals surface area (Å²) in [4.78, 5) is 2.61. The zero-order valence-electron chi connectivity index (χ0n) is 13.7. The normalized spacial score (nSPS) is 23.4. The Morgan fingerprint density at radius 1 is 1.15 bits per heavy atom. The molecule has 1 fully saturated rings. The highest BCUT2D eigenvalue weighted by molar-refractivity contribution is 5.50. The molecule has 1 aromatic carbocycles. The van der Waals surface area contributed by atoms with Crippen molar-refractivity contribution < 1.29 is 0 Å². The summed E-state index contributed by atoms with van der Waals surface area (Å²) in [7, 11) is 0. The average Bonchev–Trinajstić information content (AvgIpc) is 2.77. The van der Waals surface area contributed by atoms with Crippen molar-refractivity contribution in [2.24, 2.45) is 0 Å². The molecule has 0 radical (unpaired) electrons. The fraction of sp³-hybridized carbons (Fsp3) is 0.667. The van der Waals surface area contributed by atoms with E-state index in [4.69, 9.17) is 0 Å². The van der Waals surface area contributed by atoms with Gasteiger partial charge in [-0.3, -0.25) is 0 Å². The lowest BCUT2D eigenvalue weighted by molar-refractivity contribution is 0.424. The SMILES string of the molecule is CCC1CCC(C)N1c1ccc(CNC(C)(C)C)cc1. The molecule has 1 saturated heterocycles. The monoisotopic (exact) mass is 274 g/mol. The van der Waals surface area contributed by atoms with Gasteiger partial charge in [-0.1, -0.05) is 19.1 Å². The van der Waals surface area contributed by atoms with Gasteiger partial charge >= 0.3 is 0 Å². The van der Waals surface area contributed by atoms with Gasteiger partial charge in [0.15, 0.2) is 0 Å². The molecule has 1 heterocycles. The Hall–Kier alpha value is -1.02. The molecule has 0 amide bonds. The van der Waals surface area contributed by atoms with Gasteiger partial charge in [0.1, 0.15) is 0 Å². The zero-order valence-corrected chi connectivity index (χ0v) is 13.7. The Labute approximate surface area is 124 Å². The van der Waals surface area contributed by atoms with E-state index in [1.807, 2.05) is 0 Å². The third-order valence-corrected chi connectivity index (χ3v) is 4.31. The van der Waals surface area contributed by atoms with E-state index in [9.17, 15) is 0 Å². The number of hydrogen-bond acceptors (Lipinski definition) is 2. The molecule has 1 aliphatic rings. The topological polar surface area (TPSA) is 15.3 Å². The van der Waals surface area contributed by atoms with Crippen molar-refractivity contribution in [1.82, 2.24) is 5.32 Å². The lowest BCUT2D eigenvalue weighted by atomic mass is 10.1. The summed E-state index contributed by atoms with van der Waals surface area (Å²) in [6.45, 7) is 12.2. The van der Waals surface area contributed by atoms with Gasteiger partial charge in [0, 0.05) is 29.9 Å². The van der Waals surface area contributed by atoms with Gasteiger partial charge in [0.05, 0.1) is 0 Å². The molecule has 1 aromatic rings. The third kappa shape index (κ3) is 3.76. The second kappa shape index (κ2) is 6.17. The van der Waals surface area contributed by atoms with Crippen LogP contribution in [0.2, 0.25) is 0 Å². The Morgan fingerprint density at radius 2 is 1.80 bits per heavy atom. The van der Waals surface area contributed by atoms with Crippen molar-refractivity contribution in [2.75, 3.05) is 4.90 Å². The maximum Gasteiger partial charge on any atom is 0.0371 e. The van der Waals surface area contributed by atoms with Gasteiger partial charge in [-0.05, 0) is 64.7 Å². The molecular formula is C18H30N2. The molecule has 2 atom stereocenters. The molecular weight excluding hydrogens is 244 g/mol. The van der Waals surface area contributed by atoms with Crippen LogP contribution in [0, 0.1) is 0 Å². The molecule has 20 heavy (non-hydrogen) atoms. The van der Waals surface area contributed by atoms with Crippen molar-refractivity contribution >= 4 is 5.69 Å². The van der Waals surface area contributed by atoms with Crippen molar-refractivity contribution in [3.8, 4) is 0 Å². The van der Waals surface area contributed by atoms with Crippen LogP contribution in [0.5, 0.6) is 0 Å². The number of anilines is 1. The van der Waals surface area contributed by atoms with E-state index in [-0.39, 0.29) is 5.54 Å². The molecule has 0 bridgehead atoms. The van der Waals surface area contributed by atoms with Crippen LogP contribution in [0.25, 0.3) is 0 Å². The molecule has 2 unspecified atom stereocenters. The predicted octanol–water partition coefficient (Wildman–Crippen LogP) is 4.34. The molecule has 2 heteroatoms. The van der Waals surface area contributed by atoms with E-state index in [0.717, 1.165) is 12.6 Å². The minimum atomic E-state index is 0.176. The smallest absolute Gasteiger partial charge is 0.0371 e. The van der Waals surface area contributed by atoms with Crippen molar-refractivity contribution in [1.29, 1.82) is 0 Å². The van der Waals surface area contributed by atoms with E-state index < -0.39 is 0 Å². The molecule has 1 N–H and O–H groups in total. The zero-order chi connectivity index (χ0) is 14.8. The number of nitrogens with one attached hydrogen (secondary N) is 1. The molecule has 2 rings (SSSR count). The van der Waals surface area contributed by atoms with Crippen LogP contribution < -0.4 is 10.2 Å². The van der Waals surface area contributed by atoms with E-state index in [1.165, 1.54) is 30.5 Å². The lowest BCUT2D eigenvalue weighted by Gasteiger charge is -2.30. The Kier molecular flexibility index (Phi) is 4.74. The van der Waals surface area contributed by atoms with E-state index >= 15 is 0 Å². The van der Waals surface area contributed by atoms with Crippen molar-refractivity contribution in [3.63, 3.8) is 0 Å². The molecule has 112 valence electrons. The second-order valence-corrected chi connectivity index (χ2v) is 7.17. The fourth-order valence-corrected chi connectivity index (χ4v) is 3.09. The first-order valence-electron chi connectivity index (χ1n) is 8.03. The van der Waals surface area contributed by atoms with Crippen LogP contribution in [0.3, 0.4) is 0 Å². The summed E-state index contributed by atoms with van der Waals surface area (Å²) in [5.74, 6) is 0. The Morgan fingerprint density at radius 3 is 2.35 bits per heavy atom. The minimum absolute atomic E-state index is 0.176. The van der Waals surface area contributed by atoms with E-state index in [2.05, 4.69) is 69.1 Å². The van der Waals surface area contributed by atoms with Gasteiger partial charge in [-0.15, -0.1) is 0 Å². The van der Waals surface area contributed by atoms with Crippen LogP contribution in [0.15, 0.2) is 24.3 Å². The molecule has 1 aliphatic heterocycles. The van der Waals surface area contributed by atoms with Crippen LogP contribution in [0.1, 0.15) is 59.4 Å². The number of nitrogens with zero attached hydrogens (tertiary/aromatic N) is 1. The Bertz CT molecular complexity index is 416. The predicted molar refractivity (Wildman–Crippen MR) is 88.3 cm³/mol. The quantitative estimate of drug-likeness (QED) is 0.878. The highest BCUT2D eigenvalue weighted by atomic mass is 15.2. The summed E-state index contributed by atoms with van der Waals surface area (Å²) in [5, 5.41) is 3.54. The molecule has 0 aromatic heterocycles. The number of rotatable bonds is 4. The van der Waals surface area contributed by atoms with Crippen LogP contribution >= 0.6 is 0 Å². The van der Waals surface area contributed by atoms with Gasteiger partial charge in [0.25, 0.3) is 0 Å². The van der Waals surface area contributed by atoms with Crippen LogP contribution in [0.4, 0.5) is 5.69 Å². The summed E-state index contributed by atoms with van der Waals surface area (Å²) in [6, 6.07) is 10.5. The summed E-state index contributed by atoms with van der Waals surface area (Å²) in [5.41, 5.74) is 2.93. The maximum atomic E-state index is 3.54. The average molecular weight is 274 g/mol. The first kappa shape index (κ1) is 15.4. The fourth-order valence-electron chi connectivity index (χ4n) is 3.09. The highest BCUT2D eigenvalue weighted by Crippen LogP contribution is 2.31. The van der Waals surface area contributed by atoms with E-state index in [0.29, 0.717) is 6.04 Å². The first-order chi connectivity index (χ1) is 9.40.